The number of ketones is 1. The van der Waals surface area contributed by atoms with Crippen molar-refractivity contribution in [1.29, 1.82) is 0 Å². The van der Waals surface area contributed by atoms with Gasteiger partial charge in [-0.05, 0) is 42.7 Å². The number of carboxylic acids is 1. The molecule has 0 saturated heterocycles. The quantitative estimate of drug-likeness (QED) is 0.330. The maximum Gasteiger partial charge on any atom is 0.303 e. The van der Waals surface area contributed by atoms with Crippen LogP contribution >= 0.6 is 11.3 Å². The minimum atomic E-state index is -0.743. The van der Waals surface area contributed by atoms with Crippen molar-refractivity contribution in [2.75, 3.05) is 0 Å². The van der Waals surface area contributed by atoms with Crippen LogP contribution in [0.25, 0.3) is 10.1 Å². The molecule has 2 aromatic rings. The van der Waals surface area contributed by atoms with E-state index in [0.717, 1.165) is 32.1 Å². The monoisotopic (exact) mass is 442 g/mol. The fourth-order valence-electron chi connectivity index (χ4n) is 4.75. The number of thiophene rings is 1. The molecule has 0 aliphatic heterocycles. The zero-order chi connectivity index (χ0) is 22.4. The van der Waals surface area contributed by atoms with Crippen LogP contribution in [-0.2, 0) is 16.0 Å². The van der Waals surface area contributed by atoms with Crippen molar-refractivity contribution in [2.45, 2.75) is 71.3 Å². The number of allylic oxidation sites excluding steroid dienone is 1. The molecule has 0 radical (unpaired) electrons. The lowest BCUT2D eigenvalue weighted by molar-refractivity contribution is -0.137. The Kier molecular flexibility index (Phi) is 8.06. The number of hydrogen-bond donors (Lipinski definition) is 2. The standard InChI is InChI=1S/C26H34O4S/c1-26(2)17-19(22(25(26)30)10-5-3-4-6-12-24(28)29)13-14-20(27)16-21-15-18-9-7-8-11-23(18)31-21/h7-9,11,13-15,19-20,22,27H,3-6,10,12,16-17H2,1-2H3,(H,28,29)/b14-13+/t19-,20?,22+/m0/s1. The number of unbranched alkanes of at least 4 members (excludes halogenated alkanes) is 3. The van der Waals surface area contributed by atoms with E-state index in [1.807, 2.05) is 32.1 Å². The van der Waals surface area contributed by atoms with E-state index >= 15 is 0 Å². The van der Waals surface area contributed by atoms with Crippen molar-refractivity contribution in [3.8, 4) is 0 Å². The molecule has 168 valence electrons. The number of aliphatic hydroxyl groups excluding tert-OH is 1. The van der Waals surface area contributed by atoms with Gasteiger partial charge in [0.05, 0.1) is 6.10 Å². The summed E-state index contributed by atoms with van der Waals surface area (Å²) >= 11 is 1.72. The van der Waals surface area contributed by atoms with Crippen LogP contribution in [0.2, 0.25) is 0 Å². The SMILES string of the molecule is CC1(C)C[C@H](/C=C/C(O)Cc2cc3ccccc3s2)[C@@H](CCCCCCC(=O)O)C1=O. The van der Waals surface area contributed by atoms with E-state index in [9.17, 15) is 14.7 Å². The Hall–Kier alpha value is -1.98. The van der Waals surface area contributed by atoms with E-state index in [1.54, 1.807) is 11.3 Å². The van der Waals surface area contributed by atoms with Crippen LogP contribution in [0, 0.1) is 17.3 Å². The van der Waals surface area contributed by atoms with Crippen molar-refractivity contribution >= 4 is 33.2 Å². The first-order valence-corrected chi connectivity index (χ1v) is 12.2. The summed E-state index contributed by atoms with van der Waals surface area (Å²) in [5, 5.41) is 20.5. The van der Waals surface area contributed by atoms with Gasteiger partial charge in [0.15, 0.2) is 0 Å². The third kappa shape index (κ3) is 6.50. The number of hydrogen-bond acceptors (Lipinski definition) is 4. The van der Waals surface area contributed by atoms with Crippen molar-refractivity contribution in [3.05, 3.63) is 47.4 Å². The Balaban J connectivity index is 1.54. The molecular weight excluding hydrogens is 408 g/mol. The molecular formula is C26H34O4S. The van der Waals surface area contributed by atoms with Gasteiger partial charge >= 0.3 is 5.97 Å². The average Bonchev–Trinajstić information content (AvgIpc) is 3.21. The summed E-state index contributed by atoms with van der Waals surface area (Å²) in [6, 6.07) is 10.4. The van der Waals surface area contributed by atoms with Gasteiger partial charge in [0, 0.05) is 33.8 Å². The minimum absolute atomic E-state index is 0.00208. The smallest absolute Gasteiger partial charge is 0.303 e. The molecule has 1 aliphatic carbocycles. The fourth-order valence-corrected chi connectivity index (χ4v) is 5.87. The zero-order valence-corrected chi connectivity index (χ0v) is 19.4. The highest BCUT2D eigenvalue weighted by Gasteiger charge is 2.45. The second-order valence-electron chi connectivity index (χ2n) is 9.48. The number of benzene rings is 1. The molecule has 0 spiro atoms. The van der Waals surface area contributed by atoms with Gasteiger partial charge in [-0.1, -0.05) is 63.5 Å². The van der Waals surface area contributed by atoms with Gasteiger partial charge < -0.3 is 10.2 Å². The van der Waals surface area contributed by atoms with Gasteiger partial charge in [-0.2, -0.15) is 0 Å². The first-order chi connectivity index (χ1) is 14.8. The predicted molar refractivity (Wildman–Crippen MR) is 126 cm³/mol. The summed E-state index contributed by atoms with van der Waals surface area (Å²) in [4.78, 5) is 24.7. The molecule has 1 saturated carbocycles. The molecule has 1 heterocycles. The van der Waals surface area contributed by atoms with Crippen LogP contribution < -0.4 is 0 Å². The highest BCUT2D eigenvalue weighted by molar-refractivity contribution is 7.19. The number of carbonyl (C=O) groups is 2. The third-order valence-electron chi connectivity index (χ3n) is 6.39. The molecule has 2 N–H and O–H groups in total. The van der Waals surface area contributed by atoms with E-state index in [4.69, 9.17) is 5.11 Å². The van der Waals surface area contributed by atoms with E-state index in [1.165, 1.54) is 15.0 Å². The number of carbonyl (C=O) groups excluding carboxylic acids is 1. The molecule has 3 rings (SSSR count). The van der Waals surface area contributed by atoms with Gasteiger partial charge in [-0.15, -0.1) is 11.3 Å². The molecule has 1 aliphatic rings. The number of aliphatic hydroxyl groups is 1. The summed E-state index contributed by atoms with van der Waals surface area (Å²) in [5.74, 6) is -0.250. The van der Waals surface area contributed by atoms with Crippen molar-refractivity contribution < 1.29 is 19.8 Å². The Morgan fingerprint density at radius 1 is 1.23 bits per heavy atom. The molecule has 1 unspecified atom stereocenters. The predicted octanol–water partition coefficient (Wildman–Crippen LogP) is 6.02. The lowest BCUT2D eigenvalue weighted by atomic mass is 9.87. The van der Waals surface area contributed by atoms with Gasteiger partial charge in [0.1, 0.15) is 5.78 Å². The summed E-state index contributed by atoms with van der Waals surface area (Å²) in [6.07, 6.45) is 9.37. The number of carboxylic acid groups (broad SMARTS) is 1. The van der Waals surface area contributed by atoms with Crippen LogP contribution in [0.15, 0.2) is 42.5 Å². The normalized spacial score (nSPS) is 21.8. The molecule has 0 amide bonds. The van der Waals surface area contributed by atoms with Gasteiger partial charge in [0.25, 0.3) is 0 Å². The second-order valence-corrected chi connectivity index (χ2v) is 10.6. The van der Waals surface area contributed by atoms with Crippen LogP contribution in [-0.4, -0.2) is 28.1 Å². The van der Waals surface area contributed by atoms with Crippen molar-refractivity contribution in [3.63, 3.8) is 0 Å². The fraction of sp³-hybridized carbons (Fsp3) is 0.538. The van der Waals surface area contributed by atoms with Crippen LogP contribution in [0.4, 0.5) is 0 Å². The maximum absolute atomic E-state index is 12.9. The summed E-state index contributed by atoms with van der Waals surface area (Å²) in [6.45, 7) is 4.05. The van der Waals surface area contributed by atoms with Gasteiger partial charge in [-0.25, -0.2) is 0 Å². The lowest BCUT2D eigenvalue weighted by Gasteiger charge is -2.16. The Bertz CT molecular complexity index is 893. The molecule has 1 aromatic carbocycles. The van der Waals surface area contributed by atoms with Crippen LogP contribution in [0.5, 0.6) is 0 Å². The minimum Gasteiger partial charge on any atom is -0.481 e. The van der Waals surface area contributed by atoms with Crippen LogP contribution in [0.1, 0.15) is 63.7 Å². The number of fused-ring (bicyclic) bond motifs is 1. The Labute approximate surface area is 189 Å². The van der Waals surface area contributed by atoms with E-state index in [2.05, 4.69) is 24.3 Å². The summed E-state index contributed by atoms with van der Waals surface area (Å²) in [7, 11) is 0. The van der Waals surface area contributed by atoms with Crippen molar-refractivity contribution in [2.24, 2.45) is 17.3 Å². The first kappa shape index (κ1) is 23.7. The van der Waals surface area contributed by atoms with E-state index < -0.39 is 12.1 Å². The first-order valence-electron chi connectivity index (χ1n) is 11.4. The van der Waals surface area contributed by atoms with Gasteiger partial charge in [0.2, 0.25) is 0 Å². The average molecular weight is 443 g/mol. The Morgan fingerprint density at radius 2 is 1.97 bits per heavy atom. The highest BCUT2D eigenvalue weighted by atomic mass is 32.1. The van der Waals surface area contributed by atoms with Crippen molar-refractivity contribution in [1.82, 2.24) is 0 Å². The summed E-state index contributed by atoms with van der Waals surface area (Å²) in [5.41, 5.74) is -0.320. The molecule has 1 fully saturated rings. The Morgan fingerprint density at radius 3 is 2.71 bits per heavy atom. The number of Topliss-reactive ketones (excluding diaryl/α,β-unsaturated/α-hetero) is 1. The van der Waals surface area contributed by atoms with E-state index in [-0.39, 0.29) is 23.7 Å². The molecule has 31 heavy (non-hydrogen) atoms. The largest absolute Gasteiger partial charge is 0.481 e. The zero-order valence-electron chi connectivity index (χ0n) is 18.5. The second kappa shape index (κ2) is 10.6. The molecule has 4 nitrogen and oxygen atoms in total. The van der Waals surface area contributed by atoms with E-state index in [0.29, 0.717) is 18.6 Å². The molecule has 3 atom stereocenters. The lowest BCUT2D eigenvalue weighted by Crippen LogP contribution is -2.22. The third-order valence-corrected chi connectivity index (χ3v) is 7.53. The molecule has 0 bridgehead atoms. The molecule has 1 aromatic heterocycles. The van der Waals surface area contributed by atoms with Crippen LogP contribution in [0.3, 0.4) is 0 Å². The number of rotatable bonds is 11. The van der Waals surface area contributed by atoms with Gasteiger partial charge in [-0.3, -0.25) is 9.59 Å². The topological polar surface area (TPSA) is 74.6 Å². The highest BCUT2D eigenvalue weighted by Crippen LogP contribution is 2.45. The summed E-state index contributed by atoms with van der Waals surface area (Å²) < 4.78 is 1.24. The maximum atomic E-state index is 12.9. The molecule has 5 heteroatoms. The number of aliphatic carboxylic acids is 1.